The van der Waals surface area contributed by atoms with Gasteiger partial charge in [0, 0.05) is 24.1 Å². The van der Waals surface area contributed by atoms with Crippen molar-refractivity contribution >= 4 is 5.91 Å². The van der Waals surface area contributed by atoms with E-state index in [9.17, 15) is 9.59 Å². The van der Waals surface area contributed by atoms with Crippen LogP contribution in [-0.4, -0.2) is 38.7 Å². The van der Waals surface area contributed by atoms with Crippen LogP contribution in [0.1, 0.15) is 39.7 Å². The fraction of sp³-hybridized carbons (Fsp3) is 0.500. The molecule has 1 aliphatic rings. The van der Waals surface area contributed by atoms with Gasteiger partial charge in [-0.25, -0.2) is 9.48 Å². The molecule has 6 heteroatoms. The van der Waals surface area contributed by atoms with Crippen molar-refractivity contribution in [1.29, 1.82) is 0 Å². The molecule has 0 bridgehead atoms. The van der Waals surface area contributed by atoms with Gasteiger partial charge in [0.15, 0.2) is 5.82 Å². The third-order valence-corrected chi connectivity index (χ3v) is 4.43. The summed E-state index contributed by atoms with van der Waals surface area (Å²) >= 11 is 0. The zero-order chi connectivity index (χ0) is 17.3. The van der Waals surface area contributed by atoms with Gasteiger partial charge in [0.1, 0.15) is 0 Å². The Labute approximate surface area is 141 Å². The van der Waals surface area contributed by atoms with E-state index in [0.717, 1.165) is 18.4 Å². The second kappa shape index (κ2) is 6.26. The molecule has 2 aromatic rings. The van der Waals surface area contributed by atoms with Crippen molar-refractivity contribution in [1.82, 2.24) is 19.7 Å². The Bertz CT molecular complexity index is 762. The molecular weight excluding hydrogens is 304 g/mol. The zero-order valence-corrected chi connectivity index (χ0v) is 14.5. The van der Waals surface area contributed by atoms with Crippen LogP contribution in [0.15, 0.2) is 35.1 Å². The van der Waals surface area contributed by atoms with Crippen LogP contribution < -0.4 is 5.69 Å². The molecule has 1 N–H and O–H groups in total. The highest BCUT2D eigenvalue weighted by Crippen LogP contribution is 2.25. The molecule has 128 valence electrons. The van der Waals surface area contributed by atoms with Crippen LogP contribution in [0, 0.1) is 5.41 Å². The van der Waals surface area contributed by atoms with Crippen molar-refractivity contribution in [2.45, 2.75) is 39.7 Å². The number of likely N-dealkylation sites (tertiary alicyclic amines) is 1. The number of rotatable bonds is 2. The lowest BCUT2D eigenvalue weighted by atomic mass is 9.93. The third kappa shape index (κ3) is 3.27. The number of nitrogens with one attached hydrogen (secondary N) is 1. The van der Waals surface area contributed by atoms with Gasteiger partial charge in [-0.05, 0) is 12.8 Å². The summed E-state index contributed by atoms with van der Waals surface area (Å²) in [6, 6.07) is 9.66. The van der Waals surface area contributed by atoms with Gasteiger partial charge in [0.25, 0.3) is 0 Å². The van der Waals surface area contributed by atoms with E-state index < -0.39 is 0 Å². The first-order chi connectivity index (χ1) is 11.4. The topological polar surface area (TPSA) is 71.0 Å². The van der Waals surface area contributed by atoms with Gasteiger partial charge in [0.2, 0.25) is 5.91 Å². The number of amides is 1. The van der Waals surface area contributed by atoms with Gasteiger partial charge < -0.3 is 4.90 Å². The van der Waals surface area contributed by atoms with E-state index in [4.69, 9.17) is 0 Å². The van der Waals surface area contributed by atoms with Crippen LogP contribution in [0.25, 0.3) is 11.4 Å². The van der Waals surface area contributed by atoms with Gasteiger partial charge in [-0.15, -0.1) is 5.10 Å². The molecule has 0 saturated carbocycles. The van der Waals surface area contributed by atoms with Crippen LogP contribution in [0.5, 0.6) is 0 Å². The Kier molecular flexibility index (Phi) is 4.30. The van der Waals surface area contributed by atoms with Gasteiger partial charge in [-0.2, -0.15) is 0 Å². The smallest absolute Gasteiger partial charge is 0.342 e. The Hall–Kier alpha value is -2.37. The molecule has 1 aliphatic heterocycles. The summed E-state index contributed by atoms with van der Waals surface area (Å²) in [6.07, 6.45) is 1.50. The Morgan fingerprint density at radius 1 is 1.17 bits per heavy atom. The number of piperidine rings is 1. The van der Waals surface area contributed by atoms with Crippen molar-refractivity contribution < 1.29 is 4.79 Å². The highest BCUT2D eigenvalue weighted by molar-refractivity contribution is 5.81. The average molecular weight is 328 g/mol. The number of carbonyl (C=O) groups is 1. The lowest BCUT2D eigenvalue weighted by Gasteiger charge is -2.35. The standard InChI is InChI=1S/C18H24N4O2/c1-18(2,3)16(23)21-11-9-14(10-12-21)22-17(24)19-15(20-22)13-7-5-4-6-8-13/h4-8,14H,9-12H2,1-3H3,(H,19,20,24). The van der Waals surface area contributed by atoms with E-state index in [1.54, 1.807) is 4.68 Å². The van der Waals surface area contributed by atoms with E-state index in [-0.39, 0.29) is 23.1 Å². The maximum Gasteiger partial charge on any atom is 0.343 e. The summed E-state index contributed by atoms with van der Waals surface area (Å²) in [7, 11) is 0. The van der Waals surface area contributed by atoms with E-state index in [0.29, 0.717) is 18.9 Å². The Morgan fingerprint density at radius 2 is 1.79 bits per heavy atom. The quantitative estimate of drug-likeness (QED) is 0.920. The van der Waals surface area contributed by atoms with E-state index in [1.165, 1.54) is 0 Å². The van der Waals surface area contributed by atoms with Crippen molar-refractivity contribution in [3.63, 3.8) is 0 Å². The summed E-state index contributed by atoms with van der Waals surface area (Å²) in [5, 5.41) is 4.47. The van der Waals surface area contributed by atoms with Crippen LogP contribution in [0.4, 0.5) is 0 Å². The number of hydrogen-bond donors (Lipinski definition) is 1. The second-order valence-corrected chi connectivity index (χ2v) is 7.36. The van der Waals surface area contributed by atoms with Gasteiger partial charge >= 0.3 is 5.69 Å². The summed E-state index contributed by atoms with van der Waals surface area (Å²) in [5.74, 6) is 0.758. The number of carbonyl (C=O) groups excluding carboxylic acids is 1. The van der Waals surface area contributed by atoms with Crippen LogP contribution in [0.2, 0.25) is 0 Å². The SMILES string of the molecule is CC(C)(C)C(=O)N1CCC(n2nc(-c3ccccc3)[nH]c2=O)CC1. The van der Waals surface area contributed by atoms with Crippen LogP contribution in [-0.2, 0) is 4.79 Å². The second-order valence-electron chi connectivity index (χ2n) is 7.36. The number of H-pyrrole nitrogens is 1. The monoisotopic (exact) mass is 328 g/mol. The molecular formula is C18H24N4O2. The van der Waals surface area contributed by atoms with Gasteiger partial charge in [-0.3, -0.25) is 9.78 Å². The normalized spacial score (nSPS) is 16.4. The summed E-state index contributed by atoms with van der Waals surface area (Å²) < 4.78 is 1.54. The molecule has 1 saturated heterocycles. The molecule has 24 heavy (non-hydrogen) atoms. The minimum atomic E-state index is -0.365. The van der Waals surface area contributed by atoms with Crippen molar-refractivity contribution in [3.05, 3.63) is 40.8 Å². The van der Waals surface area contributed by atoms with Gasteiger partial charge in [0.05, 0.1) is 6.04 Å². The first kappa shape index (κ1) is 16.5. The Balaban J connectivity index is 1.73. The first-order valence-electron chi connectivity index (χ1n) is 8.40. The average Bonchev–Trinajstić information content (AvgIpc) is 2.96. The lowest BCUT2D eigenvalue weighted by molar-refractivity contribution is -0.140. The Morgan fingerprint density at radius 3 is 2.38 bits per heavy atom. The highest BCUT2D eigenvalue weighted by Gasteiger charge is 2.31. The van der Waals surface area contributed by atoms with Crippen LogP contribution in [0.3, 0.4) is 0 Å². The summed E-state index contributed by atoms with van der Waals surface area (Å²) in [5.41, 5.74) is 0.347. The molecule has 1 aromatic carbocycles. The van der Waals surface area contributed by atoms with E-state index >= 15 is 0 Å². The fourth-order valence-corrected chi connectivity index (χ4v) is 3.10. The molecule has 3 rings (SSSR count). The van der Waals surface area contributed by atoms with Crippen molar-refractivity contribution in [2.24, 2.45) is 5.41 Å². The van der Waals surface area contributed by atoms with Crippen LogP contribution >= 0.6 is 0 Å². The molecule has 1 aromatic heterocycles. The molecule has 0 aliphatic carbocycles. The predicted octanol–water partition coefficient (Wildman–Crippen LogP) is 2.45. The zero-order valence-electron chi connectivity index (χ0n) is 14.5. The molecule has 1 amide bonds. The maximum atomic E-state index is 12.4. The fourth-order valence-electron chi connectivity index (χ4n) is 3.10. The molecule has 2 heterocycles. The largest absolute Gasteiger partial charge is 0.343 e. The molecule has 0 atom stereocenters. The predicted molar refractivity (Wildman–Crippen MR) is 92.6 cm³/mol. The minimum Gasteiger partial charge on any atom is -0.342 e. The highest BCUT2D eigenvalue weighted by atomic mass is 16.2. The minimum absolute atomic E-state index is 0.0373. The van der Waals surface area contributed by atoms with E-state index in [1.807, 2.05) is 56.0 Å². The van der Waals surface area contributed by atoms with Crippen molar-refractivity contribution in [2.75, 3.05) is 13.1 Å². The molecule has 0 spiro atoms. The third-order valence-electron chi connectivity index (χ3n) is 4.43. The summed E-state index contributed by atoms with van der Waals surface area (Å²) in [6.45, 7) is 7.14. The van der Waals surface area contributed by atoms with E-state index in [2.05, 4.69) is 10.1 Å². The number of hydrogen-bond acceptors (Lipinski definition) is 3. The number of aromatic amines is 1. The van der Waals surface area contributed by atoms with Gasteiger partial charge in [-0.1, -0.05) is 51.1 Å². The maximum absolute atomic E-state index is 12.4. The number of aromatic nitrogens is 3. The number of benzene rings is 1. The first-order valence-corrected chi connectivity index (χ1v) is 8.40. The lowest BCUT2D eigenvalue weighted by Crippen LogP contribution is -2.45. The van der Waals surface area contributed by atoms with Crippen molar-refractivity contribution in [3.8, 4) is 11.4 Å². The summed E-state index contributed by atoms with van der Waals surface area (Å²) in [4.78, 5) is 29.3. The molecule has 0 radical (unpaired) electrons. The molecule has 1 fully saturated rings. The molecule has 0 unspecified atom stereocenters. The molecule has 6 nitrogen and oxygen atoms in total. The number of nitrogens with zero attached hydrogens (tertiary/aromatic N) is 3.